The highest BCUT2D eigenvalue weighted by atomic mass is 31.2. The highest BCUT2D eigenvalue weighted by Crippen LogP contribution is 2.39. The summed E-state index contributed by atoms with van der Waals surface area (Å²) in [6.07, 6.45) is 0. The van der Waals surface area contributed by atoms with Crippen molar-refractivity contribution in [2.75, 3.05) is 0 Å². The zero-order chi connectivity index (χ0) is 16.7. The summed E-state index contributed by atoms with van der Waals surface area (Å²) >= 11 is 0. The van der Waals surface area contributed by atoms with Crippen molar-refractivity contribution in [2.24, 2.45) is 0 Å². The van der Waals surface area contributed by atoms with Crippen LogP contribution in [0, 0.1) is 0 Å². The summed E-state index contributed by atoms with van der Waals surface area (Å²) in [6.45, 7) is 21.3. The molecule has 0 aliphatic heterocycles. The van der Waals surface area contributed by atoms with Crippen molar-refractivity contribution in [3.63, 3.8) is 0 Å². The normalized spacial score (nSPS) is 13.4. The smallest absolute Gasteiger partial charge is 0.245 e. The lowest BCUT2D eigenvalue weighted by atomic mass is 10.3. The molecule has 0 amide bonds. The van der Waals surface area contributed by atoms with Gasteiger partial charge >= 0.3 is 0 Å². The van der Waals surface area contributed by atoms with Crippen LogP contribution in [0.3, 0.4) is 0 Å². The Bertz CT molecular complexity index is 236. The molecule has 6 heteroatoms. The molecule has 1 N–H and O–H groups in total. The quantitative estimate of drug-likeness (QED) is 0.479. The number of hydrogen-bond donors (Lipinski definition) is 1. The highest BCUT2D eigenvalue weighted by Gasteiger charge is 2.27. The summed E-state index contributed by atoms with van der Waals surface area (Å²) < 4.78 is 12.3. The van der Waals surface area contributed by atoms with Gasteiger partial charge in [0.2, 0.25) is 0 Å². The van der Waals surface area contributed by atoms with Crippen LogP contribution in [-0.4, -0.2) is 40.3 Å². The minimum Gasteiger partial charge on any atom is -0.245 e. The van der Waals surface area contributed by atoms with E-state index >= 15 is 0 Å². The molecule has 0 rings (SSSR count). The first kappa shape index (κ1) is 21.2. The van der Waals surface area contributed by atoms with Crippen LogP contribution in [0.4, 0.5) is 0 Å². The van der Waals surface area contributed by atoms with Gasteiger partial charge in [-0.25, -0.2) is 14.3 Å². The van der Waals surface area contributed by atoms with Crippen molar-refractivity contribution < 1.29 is 9.25 Å². The minimum atomic E-state index is -1.21. The number of nitrogens with one attached hydrogen (secondary N) is 1. The fraction of sp³-hybridized carbons (Fsp3) is 1.00. The molecule has 0 spiro atoms. The highest BCUT2D eigenvalue weighted by molar-refractivity contribution is 7.44. The predicted molar refractivity (Wildman–Crippen MR) is 91.6 cm³/mol. The molecule has 0 radical (unpaired) electrons. The average Bonchev–Trinajstić information content (AvgIpc) is 2.29. The molecule has 0 atom stereocenters. The predicted octanol–water partition coefficient (Wildman–Crippen LogP) is 4.31. The van der Waals surface area contributed by atoms with E-state index in [1.165, 1.54) is 0 Å². The van der Waals surface area contributed by atoms with Crippen LogP contribution in [0.25, 0.3) is 0 Å². The molecule has 0 bridgehead atoms. The molecule has 0 unspecified atom stereocenters. The van der Waals surface area contributed by atoms with Crippen LogP contribution in [0.1, 0.15) is 69.2 Å². The fourth-order valence-corrected chi connectivity index (χ4v) is 3.66. The first-order valence-electron chi connectivity index (χ1n) is 8.05. The molecular weight excluding hydrogens is 285 g/mol. The van der Waals surface area contributed by atoms with Crippen LogP contribution >= 0.6 is 8.53 Å². The van der Waals surface area contributed by atoms with Crippen LogP contribution in [0.5, 0.6) is 0 Å². The minimum absolute atomic E-state index is 0.304. The Labute approximate surface area is 133 Å². The summed E-state index contributed by atoms with van der Waals surface area (Å²) in [5, 5.41) is 7.40. The third kappa shape index (κ3) is 8.44. The van der Waals surface area contributed by atoms with E-state index in [1.807, 2.05) is 10.1 Å². The Morgan fingerprint density at radius 3 is 1.10 bits per heavy atom. The maximum absolute atomic E-state index is 6.14. The number of hydroxylamine groups is 4. The summed E-state index contributed by atoms with van der Waals surface area (Å²) in [5.74, 6) is 0. The van der Waals surface area contributed by atoms with E-state index in [9.17, 15) is 0 Å². The van der Waals surface area contributed by atoms with Crippen LogP contribution < -0.4 is 5.09 Å². The summed E-state index contributed by atoms with van der Waals surface area (Å²) in [6, 6.07) is 1.52. The fourth-order valence-electron chi connectivity index (χ4n) is 2.01. The van der Waals surface area contributed by atoms with Crippen LogP contribution in [-0.2, 0) is 9.25 Å². The van der Waals surface area contributed by atoms with Crippen molar-refractivity contribution in [3.05, 3.63) is 0 Å². The van der Waals surface area contributed by atoms with E-state index < -0.39 is 8.53 Å². The Hall–Kier alpha value is 0.230. The second-order valence-electron chi connectivity index (χ2n) is 6.80. The Kier molecular flexibility index (Phi) is 10.2. The third-order valence-electron chi connectivity index (χ3n) is 2.74. The second-order valence-corrected chi connectivity index (χ2v) is 7.90. The lowest BCUT2D eigenvalue weighted by Gasteiger charge is -2.37. The van der Waals surface area contributed by atoms with Crippen molar-refractivity contribution >= 4 is 8.53 Å². The molecule has 0 heterocycles. The molecule has 0 fully saturated rings. The molecular formula is C15H36N3O2P. The second kappa shape index (κ2) is 10.1. The Balaban J connectivity index is 4.93. The lowest BCUT2D eigenvalue weighted by Crippen LogP contribution is -2.41. The largest absolute Gasteiger partial charge is 0.292 e. The molecule has 0 saturated carbocycles. The third-order valence-corrected chi connectivity index (χ3v) is 4.14. The van der Waals surface area contributed by atoms with E-state index in [4.69, 9.17) is 9.25 Å². The van der Waals surface area contributed by atoms with Gasteiger partial charge in [-0.3, -0.25) is 0 Å². The average molecular weight is 321 g/mol. The van der Waals surface area contributed by atoms with E-state index in [1.54, 1.807) is 0 Å². The number of nitrogens with zero attached hydrogens (tertiary/aromatic N) is 2. The van der Waals surface area contributed by atoms with Gasteiger partial charge in [-0.15, -0.1) is 0 Å². The molecule has 0 aromatic carbocycles. The number of hydrogen-bond acceptors (Lipinski definition) is 5. The molecule has 0 saturated heterocycles. The van der Waals surface area contributed by atoms with E-state index in [0.717, 1.165) is 0 Å². The van der Waals surface area contributed by atoms with Gasteiger partial charge in [-0.1, -0.05) is 0 Å². The summed E-state index contributed by atoms with van der Waals surface area (Å²) in [5.41, 5.74) is 0. The van der Waals surface area contributed by atoms with Crippen molar-refractivity contribution in [2.45, 2.75) is 99.4 Å². The molecule has 21 heavy (non-hydrogen) atoms. The Morgan fingerprint density at radius 1 is 0.619 bits per heavy atom. The van der Waals surface area contributed by atoms with Gasteiger partial charge in [-0.05, 0) is 69.2 Å². The zero-order valence-corrected chi connectivity index (χ0v) is 16.4. The van der Waals surface area contributed by atoms with Gasteiger partial charge in [0.1, 0.15) is 0 Å². The van der Waals surface area contributed by atoms with E-state index in [2.05, 4.69) is 74.3 Å². The monoisotopic (exact) mass is 321 g/mol. The molecule has 5 nitrogen and oxygen atoms in total. The van der Waals surface area contributed by atoms with Crippen LogP contribution in [0.15, 0.2) is 0 Å². The SMILES string of the molecule is CC(C)NP(ON(C(C)C)C(C)C)ON(C(C)C)C(C)C. The summed E-state index contributed by atoms with van der Waals surface area (Å²) in [4.78, 5) is 0. The van der Waals surface area contributed by atoms with Crippen molar-refractivity contribution in [3.8, 4) is 0 Å². The van der Waals surface area contributed by atoms with E-state index in [-0.39, 0.29) is 0 Å². The van der Waals surface area contributed by atoms with Crippen molar-refractivity contribution in [1.29, 1.82) is 0 Å². The topological polar surface area (TPSA) is 37.0 Å². The van der Waals surface area contributed by atoms with Gasteiger partial charge in [0.25, 0.3) is 8.53 Å². The molecule has 0 aliphatic carbocycles. The van der Waals surface area contributed by atoms with E-state index in [0.29, 0.717) is 30.2 Å². The first-order chi connectivity index (χ1) is 9.56. The molecule has 0 aromatic heterocycles. The molecule has 0 aromatic rings. The first-order valence-corrected chi connectivity index (χ1v) is 9.23. The maximum Gasteiger partial charge on any atom is 0.292 e. The van der Waals surface area contributed by atoms with Crippen molar-refractivity contribution in [1.82, 2.24) is 15.2 Å². The van der Waals surface area contributed by atoms with Gasteiger partial charge in [0, 0.05) is 30.2 Å². The van der Waals surface area contributed by atoms with Gasteiger partial charge in [0.15, 0.2) is 0 Å². The lowest BCUT2D eigenvalue weighted by molar-refractivity contribution is -0.159. The zero-order valence-electron chi connectivity index (χ0n) is 15.5. The van der Waals surface area contributed by atoms with Gasteiger partial charge in [-0.2, -0.15) is 10.1 Å². The van der Waals surface area contributed by atoms with Gasteiger partial charge in [0.05, 0.1) is 0 Å². The summed E-state index contributed by atoms with van der Waals surface area (Å²) in [7, 11) is -1.21. The Morgan fingerprint density at radius 2 is 0.905 bits per heavy atom. The van der Waals surface area contributed by atoms with Crippen LogP contribution in [0.2, 0.25) is 0 Å². The number of rotatable bonds is 10. The van der Waals surface area contributed by atoms with Gasteiger partial charge < -0.3 is 0 Å². The molecule has 0 aliphatic rings. The molecule has 128 valence electrons. The maximum atomic E-state index is 6.14. The standard InChI is InChI=1S/C15H36N3O2P/c1-11(2)16-21(19-17(12(3)4)13(5)6)20-18(14(7)8)15(9)10/h11-16H,1-10H3.